The minimum atomic E-state index is -0.480. The molecule has 2 amide bonds. The van der Waals surface area contributed by atoms with Gasteiger partial charge >= 0.3 is 0 Å². The van der Waals surface area contributed by atoms with Crippen molar-refractivity contribution in [3.05, 3.63) is 0 Å². The van der Waals surface area contributed by atoms with E-state index in [9.17, 15) is 9.59 Å². The van der Waals surface area contributed by atoms with Crippen LogP contribution >= 0.6 is 0 Å². The summed E-state index contributed by atoms with van der Waals surface area (Å²) in [6.45, 7) is 7.21. The first-order valence-corrected chi connectivity index (χ1v) is 7.16. The quantitative estimate of drug-likeness (QED) is 0.530. The fourth-order valence-electron chi connectivity index (χ4n) is 2.58. The number of likely N-dealkylation sites (N-methyl/N-ethyl adjacent to an activating group) is 2. The molecule has 2 N–H and O–H groups in total. The molecule has 1 unspecified atom stereocenters. The number of hydrogen-bond acceptors (Lipinski definition) is 4. The molecule has 0 aromatic heterocycles. The lowest BCUT2D eigenvalue weighted by molar-refractivity contribution is -0.134. The second-order valence-electron chi connectivity index (χ2n) is 6.16. The van der Waals surface area contributed by atoms with Crippen molar-refractivity contribution in [2.75, 3.05) is 47.3 Å². The third kappa shape index (κ3) is 4.18. The summed E-state index contributed by atoms with van der Waals surface area (Å²) < 4.78 is 0. The topological polar surface area (TPSA) is 64.7 Å². The summed E-state index contributed by atoms with van der Waals surface area (Å²) in [4.78, 5) is 28.1. The summed E-state index contributed by atoms with van der Waals surface area (Å²) in [5.41, 5.74) is -0.480. The summed E-state index contributed by atoms with van der Waals surface area (Å²) in [6.07, 6.45) is 0.318. The maximum Gasteiger partial charge on any atom is 0.227 e. The van der Waals surface area contributed by atoms with Crippen LogP contribution in [0.25, 0.3) is 0 Å². The number of nitrogens with zero attached hydrogens (tertiary/aromatic N) is 2. The molecular weight excluding hydrogens is 262 g/mol. The molecule has 1 rings (SSSR count). The van der Waals surface area contributed by atoms with Crippen LogP contribution in [0.1, 0.15) is 20.3 Å². The van der Waals surface area contributed by atoms with Gasteiger partial charge in [0.25, 0.3) is 0 Å². The van der Waals surface area contributed by atoms with E-state index >= 15 is 0 Å². The number of carbonyl (C=O) groups is 2. The molecule has 0 spiro atoms. The van der Waals surface area contributed by atoms with Crippen LogP contribution in [0.15, 0.2) is 0 Å². The molecule has 0 aromatic rings. The van der Waals surface area contributed by atoms with E-state index < -0.39 is 5.41 Å². The highest BCUT2D eigenvalue weighted by molar-refractivity contribution is 5.83. The van der Waals surface area contributed by atoms with Crippen LogP contribution in [0.3, 0.4) is 0 Å². The lowest BCUT2D eigenvalue weighted by Crippen LogP contribution is -2.60. The van der Waals surface area contributed by atoms with Crippen LogP contribution in [0, 0.1) is 5.41 Å². The molecule has 0 saturated carbocycles. The first kappa shape index (κ1) is 16.9. The SMILES string of the molecule is CC(C)(C(=O)[15NH]CC[13C](=O)[15NH][13CH3])C1CN([13CH3])CCN1[13CH3]. The summed E-state index contributed by atoms with van der Waals surface area (Å²) in [6, 6.07) is 0.182. The van der Waals surface area contributed by atoms with Crippen LogP contribution in [0.2, 0.25) is 0 Å². The zero-order valence-corrected chi connectivity index (χ0v) is 13.3. The van der Waals surface area contributed by atoms with Gasteiger partial charge in [0.1, 0.15) is 0 Å². The monoisotopic (exact) mass is 290 g/mol. The predicted molar refractivity (Wildman–Crippen MR) is 79.4 cm³/mol. The lowest BCUT2D eigenvalue weighted by atomic mass is 9.82. The Bertz CT molecular complexity index is 357. The number of amides is 2. The van der Waals surface area contributed by atoms with Crippen LogP contribution in [0.5, 0.6) is 0 Å². The highest BCUT2D eigenvalue weighted by Crippen LogP contribution is 2.27. The number of piperazine rings is 1. The second kappa shape index (κ2) is 7.04. The first-order valence-electron chi connectivity index (χ1n) is 7.16. The van der Waals surface area contributed by atoms with Gasteiger partial charge in [-0.15, -0.1) is 0 Å². The summed E-state index contributed by atoms with van der Waals surface area (Å²) in [5.74, 6) is -0.0498. The predicted octanol–water partition coefficient (Wildman–Crippen LogP) is -0.489. The second-order valence-corrected chi connectivity index (χ2v) is 6.16. The third-order valence-electron chi connectivity index (χ3n) is 4.19. The molecule has 0 bridgehead atoms. The molecule has 0 aromatic carbocycles. The fourth-order valence-corrected chi connectivity index (χ4v) is 2.58. The highest BCUT2D eigenvalue weighted by atomic mass is 16.3. The van der Waals surface area contributed by atoms with Gasteiger partial charge in [0.15, 0.2) is 0 Å². The van der Waals surface area contributed by atoms with Crippen molar-refractivity contribution in [3.8, 4) is 0 Å². The minimum absolute atomic E-state index is 0.00792. The standard InChI is InChI=1S/C14H28N4O2/c1-14(2,11-10-17(4)8-9-18(11)5)13(20)16-7-6-12(19)15-3/h11H,6-10H2,1-5H3,(H,15,19)(H,16,20)/i3+1,4+1,5+1,12+1,15+1,16+1. The van der Waals surface area contributed by atoms with Gasteiger partial charge in [0.05, 0.1) is 5.41 Å². The Morgan fingerprint density at radius 1 is 1.25 bits per heavy atom. The van der Waals surface area contributed by atoms with Crippen LogP contribution in [0.4, 0.5) is 0 Å². The first-order chi connectivity index (χ1) is 9.28. The summed E-state index contributed by atoms with van der Waals surface area (Å²) >= 11 is 0. The van der Waals surface area contributed by atoms with Crippen molar-refractivity contribution in [3.63, 3.8) is 0 Å². The van der Waals surface area contributed by atoms with Gasteiger partial charge < -0.3 is 15.5 Å². The number of hydrogen-bond donors (Lipinski definition) is 2. The zero-order valence-electron chi connectivity index (χ0n) is 13.3. The van der Waals surface area contributed by atoms with E-state index in [-0.39, 0.29) is 17.9 Å². The van der Waals surface area contributed by atoms with E-state index in [1.807, 2.05) is 13.8 Å². The normalized spacial score (nSPS) is 21.6. The van der Waals surface area contributed by atoms with Crippen molar-refractivity contribution >= 4 is 11.8 Å². The van der Waals surface area contributed by atoms with Gasteiger partial charge in [-0.1, -0.05) is 0 Å². The number of carbonyl (C=O) groups excluding carboxylic acids is 2. The molecule has 1 fully saturated rings. The maximum atomic E-state index is 12.4. The molecule has 1 atom stereocenters. The van der Waals surface area contributed by atoms with Gasteiger partial charge in [0.2, 0.25) is 11.8 Å². The molecule has 1 aliphatic heterocycles. The smallest absolute Gasteiger partial charge is 0.227 e. The zero-order chi connectivity index (χ0) is 15.3. The van der Waals surface area contributed by atoms with E-state index in [1.165, 1.54) is 0 Å². The Hall–Kier alpha value is -1.14. The average molecular weight is 290 g/mol. The Kier molecular flexibility index (Phi) is 5.95. The van der Waals surface area contributed by atoms with Crippen molar-refractivity contribution in [1.82, 2.24) is 20.4 Å². The van der Waals surface area contributed by atoms with Crippen molar-refractivity contribution in [2.45, 2.75) is 26.3 Å². The van der Waals surface area contributed by atoms with Crippen molar-refractivity contribution in [2.24, 2.45) is 5.41 Å². The van der Waals surface area contributed by atoms with Gasteiger partial charge in [0, 0.05) is 45.7 Å². The Balaban J connectivity index is 2.57. The molecule has 1 aliphatic rings. The van der Waals surface area contributed by atoms with Gasteiger partial charge in [-0.25, -0.2) is 0 Å². The van der Waals surface area contributed by atoms with E-state index in [0.29, 0.717) is 13.0 Å². The molecule has 6 heteroatoms. The number of rotatable bonds is 5. The lowest BCUT2D eigenvalue weighted by Gasteiger charge is -2.45. The van der Waals surface area contributed by atoms with Crippen molar-refractivity contribution in [1.29, 1.82) is 0 Å². The largest absolute Gasteiger partial charge is 0.359 e. The van der Waals surface area contributed by atoms with E-state index in [4.69, 9.17) is 0 Å². The average Bonchev–Trinajstić information content (AvgIpc) is 2.40. The van der Waals surface area contributed by atoms with Gasteiger partial charge in [-0.05, 0) is 27.9 Å². The maximum absolute atomic E-state index is 12.4. The summed E-state index contributed by atoms with van der Waals surface area (Å²) in [5, 5.41) is 5.42. The Morgan fingerprint density at radius 3 is 2.50 bits per heavy atom. The molecule has 1 saturated heterocycles. The number of nitrogens with one attached hydrogen (secondary N) is 2. The molecule has 116 valence electrons. The highest BCUT2D eigenvalue weighted by Gasteiger charge is 2.41. The van der Waals surface area contributed by atoms with Crippen LogP contribution < -0.4 is 10.6 Å². The molecule has 20 heavy (non-hydrogen) atoms. The fraction of sp³-hybridized carbons (Fsp3) is 0.857. The van der Waals surface area contributed by atoms with E-state index in [2.05, 4.69) is 34.5 Å². The molecular formula is C14H28N4O2. The summed E-state index contributed by atoms with van der Waals surface area (Å²) in [7, 11) is 5.75. The molecule has 0 radical (unpaired) electrons. The molecule has 1 heterocycles. The Morgan fingerprint density at radius 2 is 1.90 bits per heavy atom. The van der Waals surface area contributed by atoms with E-state index in [0.717, 1.165) is 19.6 Å². The molecule has 6 nitrogen and oxygen atoms in total. The van der Waals surface area contributed by atoms with Gasteiger partial charge in [-0.3, -0.25) is 14.5 Å². The van der Waals surface area contributed by atoms with Crippen LogP contribution in [-0.2, 0) is 9.59 Å². The Labute approximate surface area is 121 Å². The van der Waals surface area contributed by atoms with Crippen molar-refractivity contribution < 1.29 is 9.59 Å². The van der Waals surface area contributed by atoms with Gasteiger partial charge in [-0.2, -0.15) is 0 Å². The van der Waals surface area contributed by atoms with E-state index in [1.54, 1.807) is 7.05 Å². The minimum Gasteiger partial charge on any atom is -0.359 e. The third-order valence-corrected chi connectivity index (χ3v) is 4.19. The molecule has 0 aliphatic carbocycles. The van der Waals surface area contributed by atoms with Crippen LogP contribution in [-0.4, -0.2) is 75.0 Å².